The minimum atomic E-state index is -0.927. The first-order valence-corrected chi connectivity index (χ1v) is 5.19. The summed E-state index contributed by atoms with van der Waals surface area (Å²) >= 11 is 0. The van der Waals surface area contributed by atoms with Crippen LogP contribution in [0, 0.1) is 11.6 Å². The Labute approximate surface area is 101 Å². The smallest absolute Gasteiger partial charge is 0.302 e. The van der Waals surface area contributed by atoms with Gasteiger partial charge in [0.1, 0.15) is 11.6 Å². The topological polar surface area (TPSA) is 44.0 Å². The van der Waals surface area contributed by atoms with E-state index in [0.29, 0.717) is 0 Å². The molecule has 0 amide bonds. The number of hydrogen-bond acceptors (Lipinski definition) is 2. The van der Waals surface area contributed by atoms with Gasteiger partial charge in [0.25, 0.3) is 0 Å². The molecule has 0 aliphatic carbocycles. The fourth-order valence-corrected chi connectivity index (χ4v) is 1.63. The minimum absolute atomic E-state index is 0.391. The van der Waals surface area contributed by atoms with E-state index in [4.69, 9.17) is 0 Å². The van der Waals surface area contributed by atoms with Gasteiger partial charge in [-0.3, -0.25) is 9.36 Å². The maximum absolute atomic E-state index is 13.4. The van der Waals surface area contributed by atoms with E-state index in [0.717, 1.165) is 16.7 Å². The molecule has 2 rings (SSSR count). The van der Waals surface area contributed by atoms with Gasteiger partial charge >= 0.3 is 5.69 Å². The van der Waals surface area contributed by atoms with Crippen LogP contribution in [0.1, 0.15) is 10.4 Å². The van der Waals surface area contributed by atoms with Crippen LogP contribution in [0.3, 0.4) is 0 Å². The minimum Gasteiger partial charge on any atom is -0.302 e. The van der Waals surface area contributed by atoms with Crippen LogP contribution in [-0.2, 0) is 13.6 Å². The summed E-state index contributed by atoms with van der Waals surface area (Å²) in [5, 5.41) is 0. The molecule has 94 valence electrons. The third kappa shape index (κ3) is 2.09. The molecule has 0 fully saturated rings. The molecule has 1 heterocycles. The van der Waals surface area contributed by atoms with Gasteiger partial charge in [-0.25, -0.2) is 13.6 Å². The molecule has 18 heavy (non-hydrogen) atoms. The predicted octanol–water partition coefficient (Wildman–Crippen LogP) is 1.35. The fourth-order valence-electron chi connectivity index (χ4n) is 1.63. The number of hydrogen-bond donors (Lipinski definition) is 0. The molecule has 1 aromatic heterocycles. The lowest BCUT2D eigenvalue weighted by atomic mass is 10.1. The first-order chi connectivity index (χ1) is 8.50. The van der Waals surface area contributed by atoms with Gasteiger partial charge < -0.3 is 4.57 Å². The summed E-state index contributed by atoms with van der Waals surface area (Å²) in [7, 11) is 1.52. The van der Waals surface area contributed by atoms with Crippen molar-refractivity contribution < 1.29 is 13.6 Å². The largest absolute Gasteiger partial charge is 0.328 e. The van der Waals surface area contributed by atoms with Gasteiger partial charge in [-0.1, -0.05) is 6.07 Å². The zero-order valence-corrected chi connectivity index (χ0v) is 9.56. The van der Waals surface area contributed by atoms with Crippen molar-refractivity contribution in [2.24, 2.45) is 7.05 Å². The summed E-state index contributed by atoms with van der Waals surface area (Å²) in [6.45, 7) is -0.391. The van der Waals surface area contributed by atoms with E-state index >= 15 is 0 Å². The maximum Gasteiger partial charge on any atom is 0.328 e. The monoisotopic (exact) mass is 252 g/mol. The van der Waals surface area contributed by atoms with Crippen LogP contribution < -0.4 is 5.69 Å². The number of nitrogens with zero attached hydrogens (tertiary/aromatic N) is 2. The van der Waals surface area contributed by atoms with E-state index in [1.165, 1.54) is 30.1 Å². The van der Waals surface area contributed by atoms with Crippen LogP contribution in [0.4, 0.5) is 8.78 Å². The molecule has 6 heteroatoms. The van der Waals surface area contributed by atoms with Crippen molar-refractivity contribution in [1.82, 2.24) is 9.13 Å². The second-order valence-electron chi connectivity index (χ2n) is 3.84. The molecular weight excluding hydrogens is 242 g/mol. The first kappa shape index (κ1) is 12.2. The van der Waals surface area contributed by atoms with Crippen molar-refractivity contribution in [2.45, 2.75) is 6.54 Å². The lowest BCUT2D eigenvalue weighted by molar-refractivity contribution is 0.0962. The Kier molecular flexibility index (Phi) is 3.10. The number of aromatic nitrogens is 2. The van der Waals surface area contributed by atoms with E-state index in [1.54, 1.807) is 0 Å². The molecule has 0 atom stereocenters. The Hall–Kier alpha value is -2.24. The van der Waals surface area contributed by atoms with Crippen molar-refractivity contribution in [1.29, 1.82) is 0 Å². The molecule has 0 saturated heterocycles. The standard InChI is InChI=1S/C12H10F2N2O2/c1-15-5-6-16(12(15)18)7-10(17)11-8(13)3-2-4-9(11)14/h2-6H,7H2,1H3. The number of carbonyl (C=O) groups is 1. The molecule has 0 unspecified atom stereocenters. The Bertz CT molecular complexity index is 638. The highest BCUT2D eigenvalue weighted by Crippen LogP contribution is 2.13. The number of ketones is 1. The van der Waals surface area contributed by atoms with E-state index < -0.39 is 35.2 Å². The van der Waals surface area contributed by atoms with Crippen molar-refractivity contribution >= 4 is 5.78 Å². The van der Waals surface area contributed by atoms with Crippen molar-refractivity contribution in [3.63, 3.8) is 0 Å². The fraction of sp³-hybridized carbons (Fsp3) is 0.167. The van der Waals surface area contributed by atoms with E-state index in [-0.39, 0.29) is 0 Å². The van der Waals surface area contributed by atoms with Crippen LogP contribution in [0.2, 0.25) is 0 Å². The number of carbonyl (C=O) groups excluding carboxylic acids is 1. The van der Waals surface area contributed by atoms with Gasteiger partial charge in [0.2, 0.25) is 0 Å². The number of Topliss-reactive ketones (excluding diaryl/α,β-unsaturated/α-hetero) is 1. The summed E-state index contributed by atoms with van der Waals surface area (Å²) in [5.74, 6) is -2.63. The van der Waals surface area contributed by atoms with Gasteiger partial charge in [0.05, 0.1) is 12.1 Å². The summed E-state index contributed by atoms with van der Waals surface area (Å²) < 4.78 is 29.1. The third-order valence-corrected chi connectivity index (χ3v) is 2.57. The molecule has 0 spiro atoms. The SMILES string of the molecule is Cn1ccn(CC(=O)c2c(F)cccc2F)c1=O. The van der Waals surface area contributed by atoms with Gasteiger partial charge in [-0.15, -0.1) is 0 Å². The van der Waals surface area contributed by atoms with E-state index in [2.05, 4.69) is 0 Å². The highest BCUT2D eigenvalue weighted by molar-refractivity contribution is 5.96. The normalized spacial score (nSPS) is 10.6. The van der Waals surface area contributed by atoms with Crippen LogP contribution in [0.25, 0.3) is 0 Å². The molecule has 0 radical (unpaired) electrons. The Morgan fingerprint density at radius 1 is 1.22 bits per heavy atom. The molecule has 4 nitrogen and oxygen atoms in total. The molecule has 0 bridgehead atoms. The van der Waals surface area contributed by atoms with E-state index in [1.807, 2.05) is 0 Å². The Morgan fingerprint density at radius 3 is 2.33 bits per heavy atom. The van der Waals surface area contributed by atoms with Gasteiger partial charge in [0, 0.05) is 19.4 Å². The second kappa shape index (κ2) is 4.56. The van der Waals surface area contributed by atoms with Crippen molar-refractivity contribution in [3.05, 3.63) is 58.3 Å². The van der Waals surface area contributed by atoms with Gasteiger partial charge in [-0.2, -0.15) is 0 Å². The molecule has 0 aliphatic heterocycles. The molecule has 1 aromatic carbocycles. The maximum atomic E-state index is 13.4. The van der Waals surface area contributed by atoms with Crippen LogP contribution in [0.15, 0.2) is 35.4 Å². The Balaban J connectivity index is 2.34. The summed E-state index contributed by atoms with van der Waals surface area (Å²) in [4.78, 5) is 23.3. The average molecular weight is 252 g/mol. The van der Waals surface area contributed by atoms with Gasteiger partial charge in [-0.05, 0) is 12.1 Å². The summed E-state index contributed by atoms with van der Waals surface area (Å²) in [6, 6.07) is 3.18. The summed E-state index contributed by atoms with van der Waals surface area (Å²) in [6.07, 6.45) is 2.85. The summed E-state index contributed by atoms with van der Waals surface area (Å²) in [5.41, 5.74) is -1.03. The Morgan fingerprint density at radius 2 is 1.83 bits per heavy atom. The van der Waals surface area contributed by atoms with Crippen molar-refractivity contribution in [2.75, 3.05) is 0 Å². The highest BCUT2D eigenvalue weighted by Gasteiger charge is 2.18. The number of benzene rings is 1. The number of rotatable bonds is 3. The number of imidazole rings is 1. The van der Waals surface area contributed by atoms with Crippen molar-refractivity contribution in [3.8, 4) is 0 Å². The zero-order valence-electron chi connectivity index (χ0n) is 9.56. The highest BCUT2D eigenvalue weighted by atomic mass is 19.1. The third-order valence-electron chi connectivity index (χ3n) is 2.57. The quantitative estimate of drug-likeness (QED) is 0.774. The zero-order chi connectivity index (χ0) is 13.3. The molecule has 2 aromatic rings. The van der Waals surface area contributed by atoms with Crippen LogP contribution in [0.5, 0.6) is 0 Å². The molecule has 0 aliphatic rings. The predicted molar refractivity (Wildman–Crippen MR) is 60.4 cm³/mol. The average Bonchev–Trinajstić information content (AvgIpc) is 2.61. The first-order valence-electron chi connectivity index (χ1n) is 5.19. The van der Waals surface area contributed by atoms with Crippen LogP contribution >= 0.6 is 0 Å². The van der Waals surface area contributed by atoms with E-state index in [9.17, 15) is 18.4 Å². The van der Waals surface area contributed by atoms with Crippen LogP contribution in [-0.4, -0.2) is 14.9 Å². The lowest BCUT2D eigenvalue weighted by Crippen LogP contribution is -2.26. The molecule has 0 saturated carbocycles. The number of aryl methyl sites for hydroxylation is 1. The van der Waals surface area contributed by atoms with Gasteiger partial charge in [0.15, 0.2) is 5.78 Å². The molecular formula is C12H10F2N2O2. The second-order valence-corrected chi connectivity index (χ2v) is 3.84. The lowest BCUT2D eigenvalue weighted by Gasteiger charge is -2.04. The molecule has 0 N–H and O–H groups in total. The number of halogens is 2.